The van der Waals surface area contributed by atoms with Crippen LogP contribution in [-0.2, 0) is 17.8 Å². The summed E-state index contributed by atoms with van der Waals surface area (Å²) < 4.78 is 0. The molecule has 4 N–H and O–H groups in total. The monoisotopic (exact) mass is 454 g/mol. The van der Waals surface area contributed by atoms with Crippen molar-refractivity contribution >= 4 is 23.1 Å². The third-order valence-electron chi connectivity index (χ3n) is 6.61. The van der Waals surface area contributed by atoms with Gasteiger partial charge in [0, 0.05) is 54.1 Å². The molecule has 0 radical (unpaired) electrons. The van der Waals surface area contributed by atoms with Crippen molar-refractivity contribution in [2.45, 2.75) is 25.7 Å². The molecular weight excluding hydrogens is 432 g/mol. The van der Waals surface area contributed by atoms with E-state index in [9.17, 15) is 9.90 Å². The zero-order valence-corrected chi connectivity index (χ0v) is 18.4. The molecule has 0 amide bonds. The first-order valence-electron chi connectivity index (χ1n) is 11.0. The van der Waals surface area contributed by atoms with Gasteiger partial charge in [-0.25, -0.2) is 14.9 Å². The zero-order chi connectivity index (χ0) is 23.3. The van der Waals surface area contributed by atoms with E-state index in [1.54, 1.807) is 0 Å². The summed E-state index contributed by atoms with van der Waals surface area (Å²) in [6.45, 7) is 3.46. The number of rotatable bonds is 4. The first-order chi connectivity index (χ1) is 16.5. The Bertz CT molecular complexity index is 1470. The van der Waals surface area contributed by atoms with E-state index in [0.29, 0.717) is 12.4 Å². The third kappa shape index (κ3) is 3.35. The van der Waals surface area contributed by atoms with E-state index in [-0.39, 0.29) is 5.57 Å². The number of hydrogen-bond acceptors (Lipinski definition) is 7. The molecule has 0 spiro atoms. The lowest BCUT2D eigenvalue weighted by Gasteiger charge is -2.41. The zero-order valence-electron chi connectivity index (χ0n) is 18.4. The average Bonchev–Trinajstić information content (AvgIpc) is 3.52. The molecule has 0 saturated heterocycles. The van der Waals surface area contributed by atoms with Crippen LogP contribution in [0.25, 0.3) is 33.4 Å². The molecule has 2 aliphatic heterocycles. The molecule has 2 aliphatic rings. The molecule has 0 saturated carbocycles. The lowest BCUT2D eigenvalue weighted by molar-refractivity contribution is -0.132. The van der Waals surface area contributed by atoms with Crippen LogP contribution in [-0.4, -0.2) is 60.1 Å². The molecule has 2 aromatic carbocycles. The Hall–Kier alpha value is -4.31. The summed E-state index contributed by atoms with van der Waals surface area (Å²) >= 11 is 0. The van der Waals surface area contributed by atoms with Gasteiger partial charge in [0.25, 0.3) is 0 Å². The van der Waals surface area contributed by atoms with Crippen molar-refractivity contribution in [1.82, 2.24) is 35.8 Å². The van der Waals surface area contributed by atoms with Crippen molar-refractivity contribution in [3.8, 4) is 22.5 Å². The SMILES string of the molecule is CC1(N2CCc3[nH]c4ccc(-c5cccc(-c6nnn[nH]6)c5)cc4c3C2)N=CC(C(=O)O)=CN1. The molecule has 4 aromatic rings. The van der Waals surface area contributed by atoms with Gasteiger partial charge in [0.2, 0.25) is 0 Å². The van der Waals surface area contributed by atoms with Gasteiger partial charge < -0.3 is 15.4 Å². The Morgan fingerprint density at radius 1 is 1.15 bits per heavy atom. The summed E-state index contributed by atoms with van der Waals surface area (Å²) in [4.78, 5) is 21.6. The molecule has 0 fully saturated rings. The van der Waals surface area contributed by atoms with E-state index in [1.165, 1.54) is 29.1 Å². The smallest absolute Gasteiger partial charge is 0.338 e. The van der Waals surface area contributed by atoms with E-state index in [4.69, 9.17) is 0 Å². The molecule has 0 bridgehead atoms. The second-order valence-corrected chi connectivity index (χ2v) is 8.67. The van der Waals surface area contributed by atoms with Crippen molar-refractivity contribution in [2.75, 3.05) is 6.54 Å². The maximum absolute atomic E-state index is 11.2. The van der Waals surface area contributed by atoms with Gasteiger partial charge in [0.15, 0.2) is 11.6 Å². The van der Waals surface area contributed by atoms with Crippen LogP contribution in [0.1, 0.15) is 18.2 Å². The number of carboxylic acids is 1. The van der Waals surface area contributed by atoms with E-state index in [2.05, 4.69) is 71.1 Å². The second-order valence-electron chi connectivity index (χ2n) is 8.67. The van der Waals surface area contributed by atoms with Crippen LogP contribution < -0.4 is 5.32 Å². The van der Waals surface area contributed by atoms with Gasteiger partial charge in [-0.05, 0) is 52.2 Å². The predicted molar refractivity (Wildman–Crippen MR) is 127 cm³/mol. The first kappa shape index (κ1) is 20.3. The molecule has 170 valence electrons. The van der Waals surface area contributed by atoms with Crippen molar-refractivity contribution in [3.05, 3.63) is 65.5 Å². The fraction of sp³-hybridized carbons (Fsp3) is 0.208. The van der Waals surface area contributed by atoms with Crippen LogP contribution in [0.4, 0.5) is 0 Å². The summed E-state index contributed by atoms with van der Waals surface area (Å²) in [6, 6.07) is 14.6. The molecular formula is C24H22N8O2. The molecule has 4 heterocycles. The number of fused-ring (bicyclic) bond motifs is 3. The number of carbonyl (C=O) groups is 1. The largest absolute Gasteiger partial charge is 0.478 e. The van der Waals surface area contributed by atoms with Crippen LogP contribution in [0.2, 0.25) is 0 Å². The van der Waals surface area contributed by atoms with Crippen molar-refractivity contribution < 1.29 is 9.90 Å². The number of nitrogens with one attached hydrogen (secondary N) is 3. The first-order valence-corrected chi connectivity index (χ1v) is 11.0. The van der Waals surface area contributed by atoms with Gasteiger partial charge in [-0.1, -0.05) is 24.3 Å². The minimum atomic E-state index is -0.993. The molecule has 6 rings (SSSR count). The van der Waals surface area contributed by atoms with E-state index >= 15 is 0 Å². The summed E-state index contributed by atoms with van der Waals surface area (Å²) in [5, 5.41) is 27.7. The average molecular weight is 454 g/mol. The predicted octanol–water partition coefficient (Wildman–Crippen LogP) is 2.69. The van der Waals surface area contributed by atoms with Crippen LogP contribution in [0.5, 0.6) is 0 Å². The lowest BCUT2D eigenvalue weighted by Crippen LogP contribution is -2.56. The highest BCUT2D eigenvalue weighted by Gasteiger charge is 2.35. The number of benzene rings is 2. The van der Waals surface area contributed by atoms with E-state index < -0.39 is 11.8 Å². The van der Waals surface area contributed by atoms with Gasteiger partial charge in [-0.3, -0.25) is 4.90 Å². The Morgan fingerprint density at radius 2 is 2.00 bits per heavy atom. The Morgan fingerprint density at radius 3 is 2.76 bits per heavy atom. The quantitative estimate of drug-likeness (QED) is 0.372. The highest BCUT2D eigenvalue weighted by molar-refractivity contribution is 6.08. The van der Waals surface area contributed by atoms with Crippen LogP contribution >= 0.6 is 0 Å². The number of aliphatic imine (C=N–C) groups is 1. The summed E-state index contributed by atoms with van der Waals surface area (Å²) in [6.07, 6.45) is 3.81. The molecule has 1 unspecified atom stereocenters. The number of H-pyrrole nitrogens is 2. The maximum atomic E-state index is 11.2. The Balaban J connectivity index is 1.33. The topological polar surface area (TPSA) is 135 Å². The van der Waals surface area contributed by atoms with Crippen molar-refractivity contribution in [3.63, 3.8) is 0 Å². The fourth-order valence-corrected chi connectivity index (χ4v) is 4.67. The Labute approximate surface area is 194 Å². The van der Waals surface area contributed by atoms with Gasteiger partial charge in [-0.2, -0.15) is 0 Å². The maximum Gasteiger partial charge on any atom is 0.338 e. The van der Waals surface area contributed by atoms with Crippen LogP contribution in [0.15, 0.2) is 59.2 Å². The lowest BCUT2D eigenvalue weighted by atomic mass is 9.98. The minimum absolute atomic E-state index is 0.148. The summed E-state index contributed by atoms with van der Waals surface area (Å²) in [7, 11) is 0. The van der Waals surface area contributed by atoms with Crippen LogP contribution in [0, 0.1) is 0 Å². The summed E-state index contributed by atoms with van der Waals surface area (Å²) in [5.74, 6) is -1.06. The number of aliphatic carboxylic acids is 1. The van der Waals surface area contributed by atoms with Crippen molar-refractivity contribution in [1.29, 1.82) is 0 Å². The van der Waals surface area contributed by atoms with E-state index in [0.717, 1.165) is 35.2 Å². The number of carboxylic acid groups (broad SMARTS) is 1. The summed E-state index contributed by atoms with van der Waals surface area (Å²) in [5.41, 5.74) is 6.83. The number of tetrazole rings is 1. The fourth-order valence-electron chi connectivity index (χ4n) is 4.67. The molecule has 1 atom stereocenters. The standard InChI is InChI=1S/C24H22N8O2/c1-24(25-11-17(12-26-24)23(33)34)32-8-7-21-19(13-32)18-10-15(5-6-20(18)27-21)14-3-2-4-16(9-14)22-28-30-31-29-22/h2-6,9-12,25,27H,7-8,13H2,1H3,(H,33,34)(H,28,29,30,31). The normalized spacial score (nSPS) is 20.1. The Kier molecular flexibility index (Phi) is 4.56. The van der Waals surface area contributed by atoms with Gasteiger partial charge >= 0.3 is 5.97 Å². The van der Waals surface area contributed by atoms with E-state index in [1.807, 2.05) is 19.1 Å². The number of aromatic nitrogens is 5. The van der Waals surface area contributed by atoms with Crippen LogP contribution in [0.3, 0.4) is 0 Å². The van der Waals surface area contributed by atoms with Gasteiger partial charge in [0.1, 0.15) is 0 Å². The van der Waals surface area contributed by atoms with Gasteiger partial charge in [-0.15, -0.1) is 5.10 Å². The second kappa shape index (κ2) is 7.63. The highest BCUT2D eigenvalue weighted by atomic mass is 16.4. The number of nitrogens with zero attached hydrogens (tertiary/aromatic N) is 5. The molecule has 2 aromatic heterocycles. The molecule has 10 heteroatoms. The number of hydrogen-bond donors (Lipinski definition) is 4. The van der Waals surface area contributed by atoms with Crippen molar-refractivity contribution in [2.24, 2.45) is 4.99 Å². The number of aromatic amines is 2. The molecule has 10 nitrogen and oxygen atoms in total. The highest BCUT2D eigenvalue weighted by Crippen LogP contribution is 2.34. The third-order valence-corrected chi connectivity index (χ3v) is 6.61. The van der Waals surface area contributed by atoms with Gasteiger partial charge in [0.05, 0.1) is 5.57 Å². The minimum Gasteiger partial charge on any atom is -0.478 e. The molecule has 34 heavy (non-hydrogen) atoms. The molecule has 0 aliphatic carbocycles.